The first-order valence-corrected chi connectivity index (χ1v) is 6.97. The summed E-state index contributed by atoms with van der Waals surface area (Å²) < 4.78 is 5.08. The van der Waals surface area contributed by atoms with Crippen LogP contribution >= 0.6 is 11.6 Å². The zero-order chi connectivity index (χ0) is 12.8. The van der Waals surface area contributed by atoms with Gasteiger partial charge in [-0.25, -0.2) is 9.97 Å². The fourth-order valence-corrected chi connectivity index (χ4v) is 2.85. The molecule has 1 N–H and O–H groups in total. The summed E-state index contributed by atoms with van der Waals surface area (Å²) in [6.07, 6.45) is 7.80. The van der Waals surface area contributed by atoms with Crippen LogP contribution in [0.3, 0.4) is 0 Å². The maximum Gasteiger partial charge on any atom is 0.218 e. The lowest BCUT2D eigenvalue weighted by Gasteiger charge is -2.35. The van der Waals surface area contributed by atoms with E-state index in [-0.39, 0.29) is 5.41 Å². The van der Waals surface area contributed by atoms with Gasteiger partial charge in [0.25, 0.3) is 0 Å². The van der Waals surface area contributed by atoms with E-state index in [1.807, 2.05) is 6.07 Å². The molecule has 2 rings (SSSR count). The van der Waals surface area contributed by atoms with E-state index in [1.165, 1.54) is 38.4 Å². The van der Waals surface area contributed by atoms with E-state index in [4.69, 9.17) is 16.3 Å². The van der Waals surface area contributed by atoms with Gasteiger partial charge in [0, 0.05) is 23.9 Å². The molecule has 1 aliphatic carbocycles. The molecule has 4 nitrogen and oxygen atoms in total. The Balaban J connectivity index is 1.96. The van der Waals surface area contributed by atoms with Gasteiger partial charge in [-0.2, -0.15) is 0 Å². The van der Waals surface area contributed by atoms with Crippen LogP contribution in [0.5, 0.6) is 5.88 Å². The van der Waals surface area contributed by atoms with E-state index in [2.05, 4.69) is 15.3 Å². The largest absolute Gasteiger partial charge is 0.481 e. The number of hydrogen-bond acceptors (Lipinski definition) is 4. The third-order valence-corrected chi connectivity index (χ3v) is 4.26. The van der Waals surface area contributed by atoms with E-state index < -0.39 is 0 Å². The Morgan fingerprint density at radius 3 is 2.78 bits per heavy atom. The van der Waals surface area contributed by atoms with Gasteiger partial charge < -0.3 is 10.1 Å². The third-order valence-electron chi connectivity index (χ3n) is 3.69. The minimum atomic E-state index is 0.220. The predicted molar refractivity (Wildman–Crippen MR) is 73.3 cm³/mol. The summed E-state index contributed by atoms with van der Waals surface area (Å²) in [6.45, 7) is 0.872. The SMILES string of the molecule is COc1cc(NCC2(CCl)CCCCC2)ncn1. The van der Waals surface area contributed by atoms with Gasteiger partial charge in [-0.15, -0.1) is 11.6 Å². The lowest BCUT2D eigenvalue weighted by Crippen LogP contribution is -2.34. The molecule has 1 aromatic heterocycles. The first kappa shape index (κ1) is 13.4. The van der Waals surface area contributed by atoms with Crippen molar-refractivity contribution in [3.05, 3.63) is 12.4 Å². The lowest BCUT2D eigenvalue weighted by atomic mass is 9.75. The number of ether oxygens (including phenoxy) is 1. The van der Waals surface area contributed by atoms with Gasteiger partial charge in [-0.1, -0.05) is 19.3 Å². The molecule has 1 heterocycles. The van der Waals surface area contributed by atoms with Crippen LogP contribution in [0.1, 0.15) is 32.1 Å². The second-order valence-electron chi connectivity index (χ2n) is 4.99. The van der Waals surface area contributed by atoms with Crippen molar-refractivity contribution < 1.29 is 4.74 Å². The Morgan fingerprint density at radius 1 is 1.33 bits per heavy atom. The topological polar surface area (TPSA) is 47.0 Å². The number of aromatic nitrogens is 2. The molecular weight excluding hydrogens is 250 g/mol. The molecule has 0 atom stereocenters. The van der Waals surface area contributed by atoms with Gasteiger partial charge in [-0.3, -0.25) is 0 Å². The van der Waals surface area contributed by atoms with Crippen molar-refractivity contribution in [3.63, 3.8) is 0 Å². The molecule has 0 radical (unpaired) electrons. The average molecular weight is 270 g/mol. The Morgan fingerprint density at radius 2 is 2.11 bits per heavy atom. The van der Waals surface area contributed by atoms with Crippen LogP contribution in [0, 0.1) is 5.41 Å². The Labute approximate surface area is 113 Å². The van der Waals surface area contributed by atoms with Gasteiger partial charge in [0.15, 0.2) is 0 Å². The van der Waals surface area contributed by atoms with Crippen LogP contribution in [0.4, 0.5) is 5.82 Å². The first-order valence-electron chi connectivity index (χ1n) is 6.44. The highest BCUT2D eigenvalue weighted by Crippen LogP contribution is 2.37. The van der Waals surface area contributed by atoms with Crippen LogP contribution < -0.4 is 10.1 Å². The smallest absolute Gasteiger partial charge is 0.218 e. The molecule has 0 aliphatic heterocycles. The van der Waals surface area contributed by atoms with Crippen LogP contribution in [0.25, 0.3) is 0 Å². The van der Waals surface area contributed by atoms with Crippen molar-refractivity contribution in [2.45, 2.75) is 32.1 Å². The maximum atomic E-state index is 6.16. The molecule has 0 bridgehead atoms. The molecule has 5 heteroatoms. The Bertz CT molecular complexity index is 380. The van der Waals surface area contributed by atoms with Crippen LogP contribution in [0.15, 0.2) is 12.4 Å². The molecule has 100 valence electrons. The van der Waals surface area contributed by atoms with Crippen LogP contribution in [-0.2, 0) is 0 Å². The summed E-state index contributed by atoms with van der Waals surface area (Å²) in [5.41, 5.74) is 0.220. The monoisotopic (exact) mass is 269 g/mol. The van der Waals surface area contributed by atoms with Crippen LogP contribution in [-0.4, -0.2) is 29.5 Å². The van der Waals surface area contributed by atoms with Crippen molar-refractivity contribution in [2.24, 2.45) is 5.41 Å². The van der Waals surface area contributed by atoms with Gasteiger partial charge in [-0.05, 0) is 12.8 Å². The summed E-state index contributed by atoms with van der Waals surface area (Å²) in [7, 11) is 1.60. The quantitative estimate of drug-likeness (QED) is 0.835. The molecule has 1 saturated carbocycles. The lowest BCUT2D eigenvalue weighted by molar-refractivity contribution is 0.238. The Kier molecular flexibility index (Phi) is 4.64. The second-order valence-corrected chi connectivity index (χ2v) is 5.26. The van der Waals surface area contributed by atoms with Gasteiger partial charge in [0.2, 0.25) is 5.88 Å². The number of nitrogens with one attached hydrogen (secondary N) is 1. The van der Waals surface area contributed by atoms with Crippen molar-refractivity contribution in [1.82, 2.24) is 9.97 Å². The summed E-state index contributed by atoms with van der Waals surface area (Å²) in [4.78, 5) is 8.18. The zero-order valence-electron chi connectivity index (χ0n) is 10.8. The van der Waals surface area contributed by atoms with E-state index in [1.54, 1.807) is 7.11 Å². The molecule has 1 aliphatic rings. The fraction of sp³-hybridized carbons (Fsp3) is 0.692. The number of halogens is 1. The maximum absolute atomic E-state index is 6.16. The highest BCUT2D eigenvalue weighted by molar-refractivity contribution is 6.18. The van der Waals surface area contributed by atoms with Gasteiger partial charge in [0.05, 0.1) is 7.11 Å². The number of anilines is 1. The van der Waals surface area contributed by atoms with Gasteiger partial charge >= 0.3 is 0 Å². The number of alkyl halides is 1. The number of hydrogen-bond donors (Lipinski definition) is 1. The van der Waals surface area contributed by atoms with Gasteiger partial charge in [0.1, 0.15) is 12.1 Å². The number of methoxy groups -OCH3 is 1. The van der Waals surface area contributed by atoms with E-state index >= 15 is 0 Å². The number of rotatable bonds is 5. The van der Waals surface area contributed by atoms with Crippen molar-refractivity contribution in [1.29, 1.82) is 0 Å². The molecule has 0 aromatic carbocycles. The standard InChI is InChI=1S/C13H20ClN3O/c1-18-12-7-11(16-10-17-12)15-9-13(8-14)5-3-2-4-6-13/h7,10H,2-6,8-9H2,1H3,(H,15,16,17). The summed E-state index contributed by atoms with van der Waals surface area (Å²) in [5, 5.41) is 3.37. The van der Waals surface area contributed by atoms with E-state index in [0.717, 1.165) is 12.4 Å². The highest BCUT2D eigenvalue weighted by atomic mass is 35.5. The normalized spacial score (nSPS) is 18.3. The Hall–Kier alpha value is -1.03. The minimum absolute atomic E-state index is 0.220. The van der Waals surface area contributed by atoms with E-state index in [0.29, 0.717) is 11.8 Å². The summed E-state index contributed by atoms with van der Waals surface area (Å²) in [5.74, 6) is 2.09. The minimum Gasteiger partial charge on any atom is -0.481 e. The molecule has 1 fully saturated rings. The molecule has 0 unspecified atom stereocenters. The highest BCUT2D eigenvalue weighted by Gasteiger charge is 2.31. The van der Waals surface area contributed by atoms with E-state index in [9.17, 15) is 0 Å². The summed E-state index contributed by atoms with van der Waals surface area (Å²) in [6, 6.07) is 1.81. The number of nitrogens with zero attached hydrogens (tertiary/aromatic N) is 2. The molecule has 0 spiro atoms. The molecule has 18 heavy (non-hydrogen) atoms. The fourth-order valence-electron chi connectivity index (χ4n) is 2.49. The van der Waals surface area contributed by atoms with Crippen molar-refractivity contribution >= 4 is 17.4 Å². The average Bonchev–Trinajstić information content (AvgIpc) is 2.46. The van der Waals surface area contributed by atoms with Crippen molar-refractivity contribution in [2.75, 3.05) is 24.9 Å². The zero-order valence-corrected chi connectivity index (χ0v) is 11.5. The van der Waals surface area contributed by atoms with Crippen LogP contribution in [0.2, 0.25) is 0 Å². The molecular formula is C13H20ClN3O. The first-order chi connectivity index (χ1) is 8.78. The molecule has 1 aromatic rings. The van der Waals surface area contributed by atoms with Crippen molar-refractivity contribution in [3.8, 4) is 5.88 Å². The molecule has 0 saturated heterocycles. The third kappa shape index (κ3) is 3.25. The summed E-state index contributed by atoms with van der Waals surface area (Å²) >= 11 is 6.16. The predicted octanol–water partition coefficient (Wildman–Crippen LogP) is 3.09. The second kappa shape index (κ2) is 6.23. The molecule has 0 amide bonds.